The predicted octanol–water partition coefficient (Wildman–Crippen LogP) is 2.08. The van der Waals surface area contributed by atoms with Crippen LogP contribution in [0, 0.1) is 16.7 Å². The molecule has 5 heteroatoms. The minimum atomic E-state index is -0.983. The van der Waals surface area contributed by atoms with E-state index in [0.29, 0.717) is 19.4 Å². The highest BCUT2D eigenvalue weighted by atomic mass is 16.2. The maximum Gasteiger partial charge on any atom is 0.243 e. The molecule has 114 valence electrons. The summed E-state index contributed by atoms with van der Waals surface area (Å²) in [5.41, 5.74) is -0.983. The van der Waals surface area contributed by atoms with E-state index in [4.69, 9.17) is 0 Å². The Kier molecular flexibility index (Phi) is 8.62. The van der Waals surface area contributed by atoms with Crippen molar-refractivity contribution < 1.29 is 9.59 Å². The minimum Gasteiger partial charge on any atom is -0.355 e. The fourth-order valence-corrected chi connectivity index (χ4v) is 2.32. The molecule has 0 aromatic carbocycles. The van der Waals surface area contributed by atoms with Gasteiger partial charge in [0.15, 0.2) is 0 Å². The second kappa shape index (κ2) is 9.35. The summed E-state index contributed by atoms with van der Waals surface area (Å²) in [6, 6.07) is 2.19. The van der Waals surface area contributed by atoms with Gasteiger partial charge in [0.05, 0.1) is 12.6 Å². The first kappa shape index (κ1) is 18.4. The molecular weight excluding hydrogens is 254 g/mol. The van der Waals surface area contributed by atoms with Crippen molar-refractivity contribution in [3.05, 3.63) is 0 Å². The second-order valence-electron chi connectivity index (χ2n) is 5.21. The zero-order valence-electron chi connectivity index (χ0n) is 13.2. The highest BCUT2D eigenvalue weighted by Gasteiger charge is 2.39. The number of hydrogen-bond donors (Lipinski definition) is 1. The number of likely N-dealkylation sites (N-methyl/N-ethyl adjacent to an activating group) is 1. The molecule has 0 radical (unpaired) electrons. The van der Waals surface area contributed by atoms with Crippen LogP contribution in [0.25, 0.3) is 0 Å². The Hall–Kier alpha value is -1.57. The fourth-order valence-electron chi connectivity index (χ4n) is 2.32. The van der Waals surface area contributed by atoms with Gasteiger partial charge in [-0.15, -0.1) is 0 Å². The fraction of sp³-hybridized carbons (Fsp3) is 0.800. The third-order valence-corrected chi connectivity index (χ3v) is 3.28. The first-order valence-electron chi connectivity index (χ1n) is 7.40. The number of rotatable bonds is 9. The van der Waals surface area contributed by atoms with Gasteiger partial charge < -0.3 is 10.2 Å². The van der Waals surface area contributed by atoms with Crippen LogP contribution in [0.15, 0.2) is 0 Å². The van der Waals surface area contributed by atoms with Crippen LogP contribution in [0.4, 0.5) is 0 Å². The molecule has 2 amide bonds. The molecular formula is C15H27N3O2. The molecule has 5 nitrogen and oxygen atoms in total. The average molecular weight is 281 g/mol. The lowest BCUT2D eigenvalue weighted by atomic mass is 9.79. The number of carbonyl (C=O) groups is 2. The number of nitrogens with one attached hydrogen (secondary N) is 1. The molecule has 0 saturated carbocycles. The van der Waals surface area contributed by atoms with Gasteiger partial charge in [0.2, 0.25) is 11.8 Å². The molecule has 20 heavy (non-hydrogen) atoms. The van der Waals surface area contributed by atoms with Gasteiger partial charge >= 0.3 is 0 Å². The first-order chi connectivity index (χ1) is 9.47. The Labute approximate surface area is 122 Å². The van der Waals surface area contributed by atoms with Crippen molar-refractivity contribution in [3.63, 3.8) is 0 Å². The molecule has 1 N–H and O–H groups in total. The molecule has 0 rings (SSSR count). The summed E-state index contributed by atoms with van der Waals surface area (Å²) in [6.45, 7) is 6.51. The molecule has 0 spiro atoms. The maximum absolute atomic E-state index is 12.5. The lowest BCUT2D eigenvalue weighted by Gasteiger charge is -2.29. The lowest BCUT2D eigenvalue weighted by molar-refractivity contribution is -0.141. The molecule has 0 aromatic heterocycles. The summed E-state index contributed by atoms with van der Waals surface area (Å²) >= 11 is 0. The zero-order chi connectivity index (χ0) is 15.6. The number of hydrogen-bond acceptors (Lipinski definition) is 3. The first-order valence-corrected chi connectivity index (χ1v) is 7.40. The summed E-state index contributed by atoms with van der Waals surface area (Å²) in [7, 11) is 1.59. The van der Waals surface area contributed by atoms with Crippen LogP contribution in [0.3, 0.4) is 0 Å². The van der Waals surface area contributed by atoms with E-state index >= 15 is 0 Å². The van der Waals surface area contributed by atoms with Gasteiger partial charge in [-0.1, -0.05) is 33.6 Å². The molecule has 0 aliphatic heterocycles. The van der Waals surface area contributed by atoms with E-state index in [-0.39, 0.29) is 18.4 Å². The zero-order valence-corrected chi connectivity index (χ0v) is 13.2. The van der Waals surface area contributed by atoms with Crippen molar-refractivity contribution in [2.24, 2.45) is 5.41 Å². The average Bonchev–Trinajstić information content (AvgIpc) is 2.43. The highest BCUT2D eigenvalue weighted by molar-refractivity contribution is 5.89. The van der Waals surface area contributed by atoms with Crippen molar-refractivity contribution in [1.82, 2.24) is 10.2 Å². The summed E-state index contributed by atoms with van der Waals surface area (Å²) in [5, 5.41) is 12.2. The molecule has 0 atom stereocenters. The van der Waals surface area contributed by atoms with Crippen LogP contribution in [0.2, 0.25) is 0 Å². The van der Waals surface area contributed by atoms with E-state index in [9.17, 15) is 14.9 Å². The summed E-state index contributed by atoms with van der Waals surface area (Å²) in [4.78, 5) is 25.5. The van der Waals surface area contributed by atoms with Gasteiger partial charge in [-0.05, 0) is 19.3 Å². The number of amides is 2. The molecule has 0 unspecified atom stereocenters. The van der Waals surface area contributed by atoms with Crippen molar-refractivity contribution >= 4 is 11.8 Å². The molecule has 0 fully saturated rings. The van der Waals surface area contributed by atoms with Crippen LogP contribution >= 0.6 is 0 Å². The molecule has 0 bridgehead atoms. The van der Waals surface area contributed by atoms with E-state index in [1.54, 1.807) is 7.05 Å². The monoisotopic (exact) mass is 281 g/mol. The van der Waals surface area contributed by atoms with Gasteiger partial charge in [-0.25, -0.2) is 0 Å². The van der Waals surface area contributed by atoms with Crippen molar-refractivity contribution in [3.8, 4) is 6.07 Å². The molecule has 0 saturated heterocycles. The predicted molar refractivity (Wildman–Crippen MR) is 78.8 cm³/mol. The SMILES string of the molecule is CCCNC(=O)CN(C)C(=O)C(C#N)(CCC)CCC. The number of nitrogens with zero attached hydrogens (tertiary/aromatic N) is 2. The molecule has 0 heterocycles. The van der Waals surface area contributed by atoms with E-state index in [1.165, 1.54) is 4.90 Å². The topological polar surface area (TPSA) is 73.2 Å². The van der Waals surface area contributed by atoms with Crippen LogP contribution in [-0.4, -0.2) is 36.9 Å². The molecule has 0 aromatic rings. The minimum absolute atomic E-state index is 0.00961. The quantitative estimate of drug-likeness (QED) is 0.703. The van der Waals surface area contributed by atoms with Crippen LogP contribution in [0.1, 0.15) is 52.9 Å². The third-order valence-electron chi connectivity index (χ3n) is 3.28. The number of nitriles is 1. The van der Waals surface area contributed by atoms with Gasteiger partial charge in [0.1, 0.15) is 5.41 Å². The largest absolute Gasteiger partial charge is 0.355 e. The van der Waals surface area contributed by atoms with E-state index in [2.05, 4.69) is 11.4 Å². The maximum atomic E-state index is 12.5. The lowest BCUT2D eigenvalue weighted by Crippen LogP contribution is -2.45. The third kappa shape index (κ3) is 5.20. The van der Waals surface area contributed by atoms with Crippen molar-refractivity contribution in [2.75, 3.05) is 20.1 Å². The Bertz CT molecular complexity index is 355. The van der Waals surface area contributed by atoms with Crippen molar-refractivity contribution in [1.29, 1.82) is 5.26 Å². The van der Waals surface area contributed by atoms with E-state index in [1.807, 2.05) is 20.8 Å². The number of carbonyl (C=O) groups excluding carboxylic acids is 2. The highest BCUT2D eigenvalue weighted by Crippen LogP contribution is 2.31. The smallest absolute Gasteiger partial charge is 0.243 e. The van der Waals surface area contributed by atoms with Crippen LogP contribution < -0.4 is 5.32 Å². The standard InChI is InChI=1S/C15H27N3O2/c1-5-8-15(12-16,9-6-2)14(20)18(4)11-13(19)17-10-7-3/h5-11H2,1-4H3,(H,17,19). The summed E-state index contributed by atoms with van der Waals surface area (Å²) in [6.07, 6.45) is 3.48. The molecule has 0 aliphatic carbocycles. The van der Waals surface area contributed by atoms with Gasteiger partial charge in [-0.2, -0.15) is 5.26 Å². The normalized spacial score (nSPS) is 10.8. The summed E-state index contributed by atoms with van der Waals surface area (Å²) < 4.78 is 0. The van der Waals surface area contributed by atoms with Crippen LogP contribution in [-0.2, 0) is 9.59 Å². The Morgan fingerprint density at radius 1 is 1.15 bits per heavy atom. The van der Waals surface area contributed by atoms with Crippen LogP contribution in [0.5, 0.6) is 0 Å². The Morgan fingerprint density at radius 3 is 2.10 bits per heavy atom. The summed E-state index contributed by atoms with van der Waals surface area (Å²) in [5.74, 6) is -0.419. The van der Waals surface area contributed by atoms with Crippen molar-refractivity contribution in [2.45, 2.75) is 52.9 Å². The molecule has 0 aliphatic rings. The van der Waals surface area contributed by atoms with Gasteiger partial charge in [0, 0.05) is 13.6 Å². The Morgan fingerprint density at radius 2 is 1.70 bits per heavy atom. The van der Waals surface area contributed by atoms with E-state index in [0.717, 1.165) is 19.3 Å². The Balaban J connectivity index is 4.80. The van der Waals surface area contributed by atoms with E-state index < -0.39 is 5.41 Å². The van der Waals surface area contributed by atoms with Gasteiger partial charge in [0.25, 0.3) is 0 Å². The second-order valence-corrected chi connectivity index (χ2v) is 5.21. The van der Waals surface area contributed by atoms with Gasteiger partial charge in [-0.3, -0.25) is 9.59 Å².